The van der Waals surface area contributed by atoms with Crippen LogP contribution < -0.4 is 0 Å². The number of H-pyrrole nitrogens is 2. The van der Waals surface area contributed by atoms with E-state index >= 15 is 0 Å². The summed E-state index contributed by atoms with van der Waals surface area (Å²) in [5.41, 5.74) is 4.04. The van der Waals surface area contributed by atoms with E-state index in [0.29, 0.717) is 0 Å². The minimum atomic E-state index is 0.944. The van der Waals surface area contributed by atoms with Crippen molar-refractivity contribution >= 4 is 22.4 Å². The molecule has 0 amide bonds. The van der Waals surface area contributed by atoms with E-state index in [1.807, 2.05) is 24.5 Å². The molecular formula is C14H10N4S. The standard InChI is InChI=1S/C14H10N4S/c1-3-9(15-5-1)13-11-12(18-8-7-17-11)14(19-13)10-4-2-6-16-10/h1-8,15-16H. The topological polar surface area (TPSA) is 57.4 Å². The van der Waals surface area contributed by atoms with Gasteiger partial charge in [0.1, 0.15) is 11.0 Å². The van der Waals surface area contributed by atoms with Crippen molar-refractivity contribution in [2.45, 2.75) is 0 Å². The summed E-state index contributed by atoms with van der Waals surface area (Å²) in [5.74, 6) is 0. The van der Waals surface area contributed by atoms with Gasteiger partial charge in [-0.05, 0) is 24.3 Å². The van der Waals surface area contributed by atoms with Crippen molar-refractivity contribution in [1.29, 1.82) is 0 Å². The molecule has 0 bridgehead atoms. The van der Waals surface area contributed by atoms with Crippen LogP contribution in [0.25, 0.3) is 32.2 Å². The van der Waals surface area contributed by atoms with E-state index in [0.717, 1.165) is 32.2 Å². The molecule has 4 nitrogen and oxygen atoms in total. The van der Waals surface area contributed by atoms with Gasteiger partial charge in [-0.25, -0.2) is 0 Å². The van der Waals surface area contributed by atoms with Crippen LogP contribution in [0.15, 0.2) is 49.1 Å². The molecule has 0 aliphatic rings. The molecule has 2 N–H and O–H groups in total. The van der Waals surface area contributed by atoms with Crippen molar-refractivity contribution in [3.05, 3.63) is 49.1 Å². The van der Waals surface area contributed by atoms with Crippen LogP contribution in [0, 0.1) is 0 Å². The number of hydrogen-bond donors (Lipinski definition) is 2. The van der Waals surface area contributed by atoms with Gasteiger partial charge < -0.3 is 9.97 Å². The molecule has 0 aromatic carbocycles. The first kappa shape index (κ1) is 10.5. The van der Waals surface area contributed by atoms with Crippen molar-refractivity contribution in [2.75, 3.05) is 0 Å². The van der Waals surface area contributed by atoms with Crippen molar-refractivity contribution in [3.63, 3.8) is 0 Å². The summed E-state index contributed by atoms with van der Waals surface area (Å²) in [6.07, 6.45) is 7.32. The Bertz CT molecular complexity index is 744. The Kier molecular flexibility index (Phi) is 2.25. The quantitative estimate of drug-likeness (QED) is 0.581. The number of aromatic nitrogens is 4. The van der Waals surface area contributed by atoms with E-state index in [9.17, 15) is 0 Å². The van der Waals surface area contributed by atoms with Gasteiger partial charge in [-0.2, -0.15) is 0 Å². The SMILES string of the molecule is c1c[nH]c(-c2sc(-c3ccc[nH]3)c3nccnc23)c1. The molecule has 0 aliphatic carbocycles. The molecule has 4 aromatic rings. The Labute approximate surface area is 113 Å². The summed E-state index contributed by atoms with van der Waals surface area (Å²) in [7, 11) is 0. The molecule has 5 heteroatoms. The lowest BCUT2D eigenvalue weighted by molar-refractivity contribution is 1.30. The largest absolute Gasteiger partial charge is 0.360 e. The lowest BCUT2D eigenvalue weighted by Gasteiger charge is -1.93. The second-order valence-electron chi connectivity index (χ2n) is 4.18. The molecule has 0 radical (unpaired) electrons. The van der Waals surface area contributed by atoms with E-state index in [2.05, 4.69) is 32.1 Å². The van der Waals surface area contributed by atoms with E-state index in [-0.39, 0.29) is 0 Å². The van der Waals surface area contributed by atoms with E-state index in [4.69, 9.17) is 0 Å². The summed E-state index contributed by atoms with van der Waals surface area (Å²) in [5, 5.41) is 0. The zero-order valence-corrected chi connectivity index (χ0v) is 10.7. The van der Waals surface area contributed by atoms with Gasteiger partial charge in [0.15, 0.2) is 0 Å². The molecule has 19 heavy (non-hydrogen) atoms. The second-order valence-corrected chi connectivity index (χ2v) is 5.20. The lowest BCUT2D eigenvalue weighted by atomic mass is 10.2. The monoisotopic (exact) mass is 266 g/mol. The minimum Gasteiger partial charge on any atom is -0.360 e. The molecule has 0 fully saturated rings. The number of nitrogens with one attached hydrogen (secondary N) is 2. The number of aromatic amines is 2. The molecule has 4 aromatic heterocycles. The van der Waals surface area contributed by atoms with Gasteiger partial charge in [0.05, 0.1) is 21.1 Å². The number of fused-ring (bicyclic) bond motifs is 1. The third kappa shape index (κ3) is 1.59. The first-order valence-corrected chi connectivity index (χ1v) is 6.76. The van der Waals surface area contributed by atoms with Crippen molar-refractivity contribution in [2.24, 2.45) is 0 Å². The molecule has 4 rings (SSSR count). The molecule has 0 unspecified atom stereocenters. The maximum absolute atomic E-state index is 4.48. The number of rotatable bonds is 2. The highest BCUT2D eigenvalue weighted by molar-refractivity contribution is 7.20. The Hall–Kier alpha value is -2.40. The lowest BCUT2D eigenvalue weighted by Crippen LogP contribution is -1.81. The van der Waals surface area contributed by atoms with Crippen LogP contribution in [0.5, 0.6) is 0 Å². The predicted molar refractivity (Wildman–Crippen MR) is 77.0 cm³/mol. The van der Waals surface area contributed by atoms with Gasteiger partial charge in [-0.15, -0.1) is 11.3 Å². The van der Waals surface area contributed by atoms with Gasteiger partial charge in [0, 0.05) is 24.8 Å². The van der Waals surface area contributed by atoms with Gasteiger partial charge in [-0.1, -0.05) is 0 Å². The van der Waals surface area contributed by atoms with Crippen LogP contribution in [-0.2, 0) is 0 Å². The number of hydrogen-bond acceptors (Lipinski definition) is 3. The summed E-state index contributed by atoms with van der Waals surface area (Å²) < 4.78 is 0. The Morgan fingerprint density at radius 1 is 0.789 bits per heavy atom. The van der Waals surface area contributed by atoms with Crippen LogP contribution in [0.1, 0.15) is 0 Å². The molecular weight excluding hydrogens is 256 g/mol. The predicted octanol–water partition coefficient (Wildman–Crippen LogP) is 3.68. The highest BCUT2D eigenvalue weighted by Crippen LogP contribution is 2.40. The Morgan fingerprint density at radius 3 is 1.74 bits per heavy atom. The van der Waals surface area contributed by atoms with Crippen LogP contribution >= 0.6 is 11.3 Å². The van der Waals surface area contributed by atoms with Crippen molar-refractivity contribution in [1.82, 2.24) is 19.9 Å². The third-order valence-corrected chi connectivity index (χ3v) is 4.25. The van der Waals surface area contributed by atoms with Gasteiger partial charge in [0.2, 0.25) is 0 Å². The Morgan fingerprint density at radius 2 is 1.32 bits per heavy atom. The van der Waals surface area contributed by atoms with Gasteiger partial charge in [-0.3, -0.25) is 9.97 Å². The van der Waals surface area contributed by atoms with Crippen LogP contribution in [0.3, 0.4) is 0 Å². The molecule has 0 saturated heterocycles. The highest BCUT2D eigenvalue weighted by atomic mass is 32.1. The van der Waals surface area contributed by atoms with Crippen molar-refractivity contribution in [3.8, 4) is 21.1 Å². The third-order valence-electron chi connectivity index (χ3n) is 3.02. The molecule has 0 spiro atoms. The maximum Gasteiger partial charge on any atom is 0.109 e. The fourth-order valence-corrected chi connectivity index (χ4v) is 3.35. The van der Waals surface area contributed by atoms with E-state index in [1.165, 1.54) is 0 Å². The summed E-state index contributed by atoms with van der Waals surface area (Å²) in [4.78, 5) is 17.7. The Balaban J connectivity index is 2.06. The van der Waals surface area contributed by atoms with Crippen LogP contribution in [0.4, 0.5) is 0 Å². The minimum absolute atomic E-state index is 0.944. The van der Waals surface area contributed by atoms with Crippen LogP contribution in [-0.4, -0.2) is 19.9 Å². The fraction of sp³-hybridized carbons (Fsp3) is 0. The zero-order chi connectivity index (χ0) is 12.7. The van der Waals surface area contributed by atoms with Crippen LogP contribution in [0.2, 0.25) is 0 Å². The van der Waals surface area contributed by atoms with Gasteiger partial charge >= 0.3 is 0 Å². The van der Waals surface area contributed by atoms with Crippen molar-refractivity contribution < 1.29 is 0 Å². The first-order valence-electron chi connectivity index (χ1n) is 5.94. The molecule has 0 atom stereocenters. The second kappa shape index (κ2) is 4.07. The molecule has 0 aliphatic heterocycles. The fourth-order valence-electron chi connectivity index (χ4n) is 2.18. The summed E-state index contributed by atoms with van der Waals surface area (Å²) in [6.45, 7) is 0. The molecule has 0 saturated carbocycles. The van der Waals surface area contributed by atoms with E-state index < -0.39 is 0 Å². The average Bonchev–Trinajstić information content (AvgIpc) is 3.18. The van der Waals surface area contributed by atoms with Gasteiger partial charge in [0.25, 0.3) is 0 Å². The number of nitrogens with zero attached hydrogens (tertiary/aromatic N) is 2. The summed E-state index contributed by atoms with van der Waals surface area (Å²) in [6, 6.07) is 8.09. The smallest absolute Gasteiger partial charge is 0.109 e. The maximum atomic E-state index is 4.48. The average molecular weight is 266 g/mol. The summed E-state index contributed by atoms with van der Waals surface area (Å²) >= 11 is 1.70. The van der Waals surface area contributed by atoms with E-state index in [1.54, 1.807) is 23.7 Å². The molecule has 92 valence electrons. The normalized spacial score (nSPS) is 11.2. The zero-order valence-electron chi connectivity index (χ0n) is 9.92. The first-order chi connectivity index (χ1) is 9.43. The molecule has 4 heterocycles. The number of thiophene rings is 1. The highest BCUT2D eigenvalue weighted by Gasteiger charge is 2.16.